The molecule has 0 radical (unpaired) electrons. The molecule has 3 rings (SSSR count). The minimum absolute atomic E-state index is 0.0315. The third-order valence-electron chi connectivity index (χ3n) is 4.00. The van der Waals surface area contributed by atoms with Gasteiger partial charge in [0, 0.05) is 6.54 Å². The minimum atomic E-state index is -3.84. The van der Waals surface area contributed by atoms with Gasteiger partial charge < -0.3 is 4.74 Å². The van der Waals surface area contributed by atoms with Crippen molar-refractivity contribution in [1.82, 2.24) is 0 Å². The molecule has 0 unspecified atom stereocenters. The van der Waals surface area contributed by atoms with Crippen molar-refractivity contribution in [2.45, 2.75) is 24.8 Å². The number of anilines is 1. The molecule has 0 atom stereocenters. The number of nitrogens with zero attached hydrogens (tertiary/aromatic N) is 1. The molecule has 0 aromatic heterocycles. The van der Waals surface area contributed by atoms with Crippen molar-refractivity contribution in [2.75, 3.05) is 11.4 Å². The molecule has 2 aromatic rings. The fourth-order valence-electron chi connectivity index (χ4n) is 2.83. The van der Waals surface area contributed by atoms with E-state index in [2.05, 4.69) is 0 Å². The van der Waals surface area contributed by atoms with Crippen LogP contribution in [-0.2, 0) is 27.8 Å². The summed E-state index contributed by atoms with van der Waals surface area (Å²) < 4.78 is 28.7. The van der Waals surface area contributed by atoms with E-state index in [4.69, 9.17) is 9.88 Å². The molecule has 0 saturated heterocycles. The molecule has 7 heteroatoms. The Morgan fingerprint density at radius 3 is 2.62 bits per heavy atom. The predicted octanol–water partition coefficient (Wildman–Crippen LogP) is 2.34. The maximum absolute atomic E-state index is 12.4. The molecule has 1 aliphatic rings. The summed E-state index contributed by atoms with van der Waals surface area (Å²) in [6, 6.07) is 12.6. The average Bonchev–Trinajstić information content (AvgIpc) is 2.94. The fraction of sp³-hybridized carbons (Fsp3) is 0.235. The van der Waals surface area contributed by atoms with Gasteiger partial charge in [-0.25, -0.2) is 18.4 Å². The van der Waals surface area contributed by atoms with E-state index in [1.165, 1.54) is 11.0 Å². The summed E-state index contributed by atoms with van der Waals surface area (Å²) in [6.07, 6.45) is 0.156. The molecule has 2 N–H and O–H groups in total. The minimum Gasteiger partial charge on any atom is -0.444 e. The zero-order valence-corrected chi connectivity index (χ0v) is 14.0. The first-order valence-electron chi connectivity index (χ1n) is 7.51. The molecule has 0 bridgehead atoms. The molecule has 2 aromatic carbocycles. The quantitative estimate of drug-likeness (QED) is 0.924. The average molecular weight is 346 g/mol. The van der Waals surface area contributed by atoms with Gasteiger partial charge in [0.2, 0.25) is 10.0 Å². The molecule has 0 saturated carbocycles. The van der Waals surface area contributed by atoms with Crippen molar-refractivity contribution in [1.29, 1.82) is 0 Å². The summed E-state index contributed by atoms with van der Waals surface area (Å²) in [7, 11) is -3.84. The third-order valence-corrected chi connectivity index (χ3v) is 5.06. The largest absolute Gasteiger partial charge is 0.444 e. The van der Waals surface area contributed by atoms with Gasteiger partial charge in [-0.2, -0.15) is 0 Å². The Bertz CT molecular complexity index is 879. The van der Waals surface area contributed by atoms with Gasteiger partial charge in [0.05, 0.1) is 10.6 Å². The molecule has 1 heterocycles. The van der Waals surface area contributed by atoms with Gasteiger partial charge >= 0.3 is 6.09 Å². The molecule has 24 heavy (non-hydrogen) atoms. The number of carbonyl (C=O) groups is 1. The molecular formula is C17H18N2O4S. The Kier molecular flexibility index (Phi) is 4.29. The van der Waals surface area contributed by atoms with E-state index >= 15 is 0 Å². The van der Waals surface area contributed by atoms with Crippen molar-refractivity contribution in [3.05, 3.63) is 59.2 Å². The van der Waals surface area contributed by atoms with Crippen molar-refractivity contribution >= 4 is 21.8 Å². The lowest BCUT2D eigenvalue weighted by Crippen LogP contribution is -2.29. The normalized spacial score (nSPS) is 13.7. The van der Waals surface area contributed by atoms with Crippen LogP contribution >= 0.6 is 0 Å². The summed E-state index contributed by atoms with van der Waals surface area (Å²) in [5, 5.41) is 5.25. The topological polar surface area (TPSA) is 89.7 Å². The van der Waals surface area contributed by atoms with E-state index in [1.54, 1.807) is 13.0 Å². The lowest BCUT2D eigenvalue weighted by atomic mass is 10.1. The van der Waals surface area contributed by atoms with Gasteiger partial charge in [-0.15, -0.1) is 0 Å². The zero-order chi connectivity index (χ0) is 17.3. The maximum Gasteiger partial charge on any atom is 0.414 e. The van der Waals surface area contributed by atoms with Crippen LogP contribution < -0.4 is 10.0 Å². The van der Waals surface area contributed by atoms with Gasteiger partial charge in [0.25, 0.3) is 0 Å². The lowest BCUT2D eigenvalue weighted by Gasteiger charge is -2.18. The first-order chi connectivity index (χ1) is 11.4. The number of benzene rings is 2. The summed E-state index contributed by atoms with van der Waals surface area (Å²) >= 11 is 0. The molecule has 6 nitrogen and oxygen atoms in total. The number of rotatable bonds is 3. The number of sulfonamides is 1. The van der Waals surface area contributed by atoms with Crippen molar-refractivity contribution < 1.29 is 17.9 Å². The highest BCUT2D eigenvalue weighted by Gasteiger charge is 2.28. The van der Waals surface area contributed by atoms with Gasteiger partial charge in [-0.05, 0) is 36.1 Å². The SMILES string of the molecule is Cc1cc2c(cc1S(N)(=O)=O)N(C(=O)OCc1ccccc1)CC2. The number of primary sulfonamides is 1. The van der Waals surface area contributed by atoms with E-state index in [9.17, 15) is 13.2 Å². The first-order valence-corrected chi connectivity index (χ1v) is 9.05. The van der Waals surface area contributed by atoms with Crippen LogP contribution in [0.15, 0.2) is 47.4 Å². The van der Waals surface area contributed by atoms with Crippen LogP contribution in [0.3, 0.4) is 0 Å². The number of fused-ring (bicyclic) bond motifs is 1. The lowest BCUT2D eigenvalue weighted by molar-refractivity contribution is 0.147. The van der Waals surface area contributed by atoms with Crippen LogP contribution in [0.1, 0.15) is 16.7 Å². The predicted molar refractivity (Wildman–Crippen MR) is 90.2 cm³/mol. The number of ether oxygens (including phenoxy) is 1. The second kappa shape index (κ2) is 6.26. The van der Waals surface area contributed by atoms with E-state index in [-0.39, 0.29) is 11.5 Å². The summed E-state index contributed by atoms with van der Waals surface area (Å²) in [4.78, 5) is 13.8. The van der Waals surface area contributed by atoms with Gasteiger partial charge in [-0.3, -0.25) is 4.90 Å². The second-order valence-corrected chi connectivity index (χ2v) is 7.26. The number of hydrogen-bond donors (Lipinski definition) is 1. The van der Waals surface area contributed by atoms with E-state index < -0.39 is 16.1 Å². The first kappa shape index (κ1) is 16.5. The van der Waals surface area contributed by atoms with Crippen LogP contribution in [0.5, 0.6) is 0 Å². The highest BCUT2D eigenvalue weighted by atomic mass is 32.2. The molecule has 126 valence electrons. The highest BCUT2D eigenvalue weighted by molar-refractivity contribution is 7.89. The van der Waals surface area contributed by atoms with Crippen LogP contribution in [0.4, 0.5) is 10.5 Å². The maximum atomic E-state index is 12.4. The monoisotopic (exact) mass is 346 g/mol. The summed E-state index contributed by atoms with van der Waals surface area (Å²) in [5.41, 5.74) is 2.93. The van der Waals surface area contributed by atoms with Gasteiger partial charge in [-0.1, -0.05) is 36.4 Å². The van der Waals surface area contributed by atoms with Gasteiger partial charge in [0.1, 0.15) is 6.61 Å². The van der Waals surface area contributed by atoms with Crippen LogP contribution in [0, 0.1) is 6.92 Å². The molecule has 1 aliphatic heterocycles. The van der Waals surface area contributed by atoms with E-state index in [0.717, 1.165) is 11.1 Å². The van der Waals surface area contributed by atoms with Crippen LogP contribution in [0.25, 0.3) is 0 Å². The van der Waals surface area contributed by atoms with Crippen molar-refractivity contribution in [3.63, 3.8) is 0 Å². The van der Waals surface area contributed by atoms with Gasteiger partial charge in [0.15, 0.2) is 0 Å². The Morgan fingerprint density at radius 1 is 1.25 bits per heavy atom. The standard InChI is InChI=1S/C17H18N2O4S/c1-12-9-14-7-8-19(15(14)10-16(12)24(18,21)22)17(20)23-11-13-5-3-2-4-6-13/h2-6,9-10H,7-8,11H2,1H3,(H2,18,21,22). The van der Waals surface area contributed by atoms with E-state index in [0.29, 0.717) is 24.2 Å². The Balaban J connectivity index is 1.82. The summed E-state index contributed by atoms with van der Waals surface area (Å²) in [6.45, 7) is 2.31. The molecule has 1 amide bonds. The molecule has 0 fully saturated rings. The zero-order valence-electron chi connectivity index (χ0n) is 13.2. The van der Waals surface area contributed by atoms with Crippen LogP contribution in [0.2, 0.25) is 0 Å². The number of nitrogens with two attached hydrogens (primary N) is 1. The molecule has 0 aliphatic carbocycles. The highest BCUT2D eigenvalue weighted by Crippen LogP contribution is 2.32. The number of aryl methyl sites for hydroxylation is 1. The Morgan fingerprint density at radius 2 is 1.96 bits per heavy atom. The molecular weight excluding hydrogens is 328 g/mol. The Hall–Kier alpha value is -2.38. The van der Waals surface area contributed by atoms with Crippen molar-refractivity contribution in [3.8, 4) is 0 Å². The third kappa shape index (κ3) is 3.27. The summed E-state index contributed by atoms with van der Waals surface area (Å²) in [5.74, 6) is 0. The van der Waals surface area contributed by atoms with Crippen molar-refractivity contribution in [2.24, 2.45) is 5.14 Å². The Labute approximate surface area is 140 Å². The van der Waals surface area contributed by atoms with Crippen LogP contribution in [-0.4, -0.2) is 21.1 Å². The fourth-order valence-corrected chi connectivity index (χ4v) is 3.62. The number of carbonyl (C=O) groups excluding carboxylic acids is 1. The smallest absolute Gasteiger partial charge is 0.414 e. The second-order valence-electron chi connectivity index (χ2n) is 5.73. The number of amides is 1. The molecule has 0 spiro atoms. The van der Waals surface area contributed by atoms with E-state index in [1.807, 2.05) is 30.3 Å². The number of hydrogen-bond acceptors (Lipinski definition) is 4.